The number of thiophene rings is 1. The largest absolute Gasteiger partial charge is 0.341 e. The van der Waals surface area contributed by atoms with E-state index in [-0.39, 0.29) is 17.9 Å². The molecule has 1 aromatic rings. The first kappa shape index (κ1) is 17.0. The van der Waals surface area contributed by atoms with E-state index >= 15 is 0 Å². The van der Waals surface area contributed by atoms with Crippen molar-refractivity contribution in [2.75, 3.05) is 32.7 Å². The Morgan fingerprint density at radius 1 is 1.24 bits per heavy atom. The van der Waals surface area contributed by atoms with Crippen molar-refractivity contribution < 1.29 is 9.59 Å². The Kier molecular flexibility index (Phi) is 4.82. The van der Waals surface area contributed by atoms with Gasteiger partial charge in [-0.25, -0.2) is 0 Å². The van der Waals surface area contributed by atoms with Gasteiger partial charge in [0.15, 0.2) is 0 Å². The standard InChI is InChI=1S/C19H27N3O2S/c23-17(13-15-3-2-12-25-15)22-9-1-4-16(22)18(24)21-10-6-19(7-11-21)5-8-20-14-19/h2-3,12,16,20H,1,4-11,13-14H2. The minimum atomic E-state index is -0.233. The first-order valence-electron chi connectivity index (χ1n) is 9.48. The number of rotatable bonds is 3. The van der Waals surface area contributed by atoms with E-state index in [1.165, 1.54) is 6.42 Å². The predicted molar refractivity (Wildman–Crippen MR) is 98.5 cm³/mol. The lowest BCUT2D eigenvalue weighted by molar-refractivity contribution is -0.145. The van der Waals surface area contributed by atoms with E-state index in [2.05, 4.69) is 5.32 Å². The first-order valence-corrected chi connectivity index (χ1v) is 10.4. The van der Waals surface area contributed by atoms with Crippen molar-refractivity contribution in [3.05, 3.63) is 22.4 Å². The Balaban J connectivity index is 1.36. The molecule has 3 fully saturated rings. The van der Waals surface area contributed by atoms with Crippen molar-refractivity contribution >= 4 is 23.2 Å². The van der Waals surface area contributed by atoms with Gasteiger partial charge in [0.2, 0.25) is 11.8 Å². The number of nitrogens with one attached hydrogen (secondary N) is 1. The summed E-state index contributed by atoms with van der Waals surface area (Å²) in [6, 6.07) is 3.74. The quantitative estimate of drug-likeness (QED) is 0.894. The summed E-state index contributed by atoms with van der Waals surface area (Å²) < 4.78 is 0. The third kappa shape index (κ3) is 3.47. The van der Waals surface area contributed by atoms with Gasteiger partial charge in [-0.05, 0) is 55.5 Å². The van der Waals surface area contributed by atoms with Crippen molar-refractivity contribution in [2.24, 2.45) is 5.41 Å². The zero-order chi connectivity index (χ0) is 17.3. The molecule has 25 heavy (non-hydrogen) atoms. The van der Waals surface area contributed by atoms with E-state index in [9.17, 15) is 9.59 Å². The van der Waals surface area contributed by atoms with Gasteiger partial charge in [0, 0.05) is 31.1 Å². The Labute approximate surface area is 153 Å². The molecule has 1 unspecified atom stereocenters. The van der Waals surface area contributed by atoms with Crippen LogP contribution in [0.1, 0.15) is 37.0 Å². The van der Waals surface area contributed by atoms with E-state index in [0.717, 1.165) is 63.3 Å². The normalized spacial score (nSPS) is 25.7. The molecule has 5 nitrogen and oxygen atoms in total. The zero-order valence-corrected chi connectivity index (χ0v) is 15.5. The smallest absolute Gasteiger partial charge is 0.245 e. The topological polar surface area (TPSA) is 52.7 Å². The highest BCUT2D eigenvalue weighted by Gasteiger charge is 2.41. The summed E-state index contributed by atoms with van der Waals surface area (Å²) >= 11 is 1.61. The molecule has 3 aliphatic heterocycles. The second kappa shape index (κ2) is 7.08. The molecule has 2 amide bonds. The molecule has 0 radical (unpaired) electrons. The lowest BCUT2D eigenvalue weighted by Gasteiger charge is -2.40. The first-order chi connectivity index (χ1) is 12.2. The van der Waals surface area contributed by atoms with E-state index < -0.39 is 0 Å². The third-order valence-corrected chi connectivity index (χ3v) is 7.11. The summed E-state index contributed by atoms with van der Waals surface area (Å²) in [7, 11) is 0. The maximum atomic E-state index is 13.0. The molecule has 3 saturated heterocycles. The van der Waals surface area contributed by atoms with Gasteiger partial charge in [0.1, 0.15) is 6.04 Å². The van der Waals surface area contributed by atoms with E-state index in [4.69, 9.17) is 0 Å². The van der Waals surface area contributed by atoms with Crippen LogP contribution < -0.4 is 5.32 Å². The highest BCUT2D eigenvalue weighted by Crippen LogP contribution is 2.37. The summed E-state index contributed by atoms with van der Waals surface area (Å²) in [5.74, 6) is 0.282. The summed E-state index contributed by atoms with van der Waals surface area (Å²) in [6.45, 7) is 4.64. The molecule has 0 bridgehead atoms. The predicted octanol–water partition coefficient (Wildman–Crippen LogP) is 1.88. The van der Waals surface area contributed by atoms with Gasteiger partial charge in [-0.1, -0.05) is 6.07 Å². The van der Waals surface area contributed by atoms with Crippen molar-refractivity contribution in [1.29, 1.82) is 0 Å². The van der Waals surface area contributed by atoms with Crippen molar-refractivity contribution in [1.82, 2.24) is 15.1 Å². The SMILES string of the molecule is O=C(C1CCCN1C(=O)Cc1cccs1)N1CCC2(CCNC2)CC1. The van der Waals surface area contributed by atoms with E-state index in [1.807, 2.05) is 27.3 Å². The minimum Gasteiger partial charge on any atom is -0.341 e. The number of likely N-dealkylation sites (tertiary alicyclic amines) is 2. The molecule has 4 rings (SSSR count). The molecule has 1 N–H and O–H groups in total. The minimum absolute atomic E-state index is 0.103. The summed E-state index contributed by atoms with van der Waals surface area (Å²) in [4.78, 5) is 30.6. The summed E-state index contributed by atoms with van der Waals surface area (Å²) in [6.07, 6.45) is 5.62. The lowest BCUT2D eigenvalue weighted by atomic mass is 9.77. The number of amides is 2. The maximum absolute atomic E-state index is 13.0. The number of piperidine rings is 1. The summed E-state index contributed by atoms with van der Waals surface area (Å²) in [5, 5.41) is 5.47. The highest BCUT2D eigenvalue weighted by atomic mass is 32.1. The average Bonchev–Trinajstić information content (AvgIpc) is 3.37. The monoisotopic (exact) mass is 361 g/mol. The van der Waals surface area contributed by atoms with Gasteiger partial charge in [-0.2, -0.15) is 0 Å². The van der Waals surface area contributed by atoms with Crippen LogP contribution in [-0.4, -0.2) is 60.4 Å². The van der Waals surface area contributed by atoms with Gasteiger partial charge in [0.25, 0.3) is 0 Å². The molecular weight excluding hydrogens is 334 g/mol. The van der Waals surface area contributed by atoms with Gasteiger partial charge in [-0.15, -0.1) is 11.3 Å². The van der Waals surface area contributed by atoms with Gasteiger partial charge < -0.3 is 15.1 Å². The fraction of sp³-hybridized carbons (Fsp3) is 0.684. The molecule has 1 spiro atoms. The second-order valence-corrected chi connectivity index (χ2v) is 8.79. The zero-order valence-electron chi connectivity index (χ0n) is 14.7. The van der Waals surface area contributed by atoms with Crippen LogP contribution in [0.25, 0.3) is 0 Å². The molecule has 1 aromatic heterocycles. The van der Waals surface area contributed by atoms with E-state index in [1.54, 1.807) is 11.3 Å². The molecule has 0 aliphatic carbocycles. The van der Waals surface area contributed by atoms with Crippen molar-refractivity contribution in [3.63, 3.8) is 0 Å². The molecular formula is C19H27N3O2S. The fourth-order valence-electron chi connectivity index (χ4n) is 4.62. The molecule has 136 valence electrons. The lowest BCUT2D eigenvalue weighted by Crippen LogP contribution is -2.52. The van der Waals surface area contributed by atoms with Crippen LogP contribution in [0.15, 0.2) is 17.5 Å². The Morgan fingerprint density at radius 3 is 2.76 bits per heavy atom. The third-order valence-electron chi connectivity index (χ3n) is 6.23. The van der Waals surface area contributed by atoms with Crippen LogP contribution in [0.2, 0.25) is 0 Å². The van der Waals surface area contributed by atoms with Gasteiger partial charge in [-0.3, -0.25) is 9.59 Å². The number of hydrogen-bond acceptors (Lipinski definition) is 4. The Morgan fingerprint density at radius 2 is 2.08 bits per heavy atom. The second-order valence-electron chi connectivity index (χ2n) is 7.75. The van der Waals surface area contributed by atoms with Gasteiger partial charge >= 0.3 is 0 Å². The van der Waals surface area contributed by atoms with Crippen molar-refractivity contribution in [3.8, 4) is 0 Å². The van der Waals surface area contributed by atoms with Crippen LogP contribution >= 0.6 is 11.3 Å². The van der Waals surface area contributed by atoms with Crippen LogP contribution in [0.5, 0.6) is 0 Å². The molecule has 1 atom stereocenters. The van der Waals surface area contributed by atoms with Crippen LogP contribution in [0.3, 0.4) is 0 Å². The Hall–Kier alpha value is -1.40. The number of carbonyl (C=O) groups is 2. The van der Waals surface area contributed by atoms with Crippen LogP contribution in [-0.2, 0) is 16.0 Å². The molecule has 6 heteroatoms. The van der Waals surface area contributed by atoms with Crippen LogP contribution in [0, 0.1) is 5.41 Å². The molecule has 3 aliphatic rings. The number of hydrogen-bond donors (Lipinski definition) is 1. The average molecular weight is 362 g/mol. The van der Waals surface area contributed by atoms with Crippen LogP contribution in [0.4, 0.5) is 0 Å². The highest BCUT2D eigenvalue weighted by molar-refractivity contribution is 7.10. The molecule has 0 aromatic carbocycles. The summed E-state index contributed by atoms with van der Waals surface area (Å²) in [5.41, 5.74) is 0.418. The van der Waals surface area contributed by atoms with Crippen molar-refractivity contribution in [2.45, 2.75) is 44.6 Å². The number of nitrogens with zero attached hydrogens (tertiary/aromatic N) is 2. The molecule has 4 heterocycles. The molecule has 0 saturated carbocycles. The fourth-order valence-corrected chi connectivity index (χ4v) is 5.32. The number of carbonyl (C=O) groups excluding carboxylic acids is 2. The Bertz CT molecular complexity index is 615. The van der Waals surface area contributed by atoms with Gasteiger partial charge in [0.05, 0.1) is 6.42 Å². The van der Waals surface area contributed by atoms with E-state index in [0.29, 0.717) is 11.8 Å². The maximum Gasteiger partial charge on any atom is 0.245 e.